The molecule has 354 valence electrons. The second kappa shape index (κ2) is 21.6. The van der Waals surface area contributed by atoms with Crippen molar-refractivity contribution in [1.29, 1.82) is 0 Å². The lowest BCUT2D eigenvalue weighted by molar-refractivity contribution is 0.0725. The number of hydrogen-bond donors (Lipinski definition) is 0. The molecule has 8 nitrogen and oxygen atoms in total. The molecule has 0 aromatic heterocycles. The highest BCUT2D eigenvalue weighted by atomic mass is 16.5. The van der Waals surface area contributed by atoms with Crippen molar-refractivity contribution >= 4 is 23.9 Å². The first-order chi connectivity index (χ1) is 35.7. The summed E-state index contributed by atoms with van der Waals surface area (Å²) in [6, 6.07) is 47.4. The number of carbonyl (C=O) groups excluding carboxylic acids is 4. The van der Waals surface area contributed by atoms with Gasteiger partial charge in [0, 0.05) is 27.8 Å². The zero-order valence-electron chi connectivity index (χ0n) is 40.3. The van der Waals surface area contributed by atoms with Gasteiger partial charge in [0.15, 0.2) is 0 Å². The fourth-order valence-electron chi connectivity index (χ4n) is 8.58. The summed E-state index contributed by atoms with van der Waals surface area (Å²) in [7, 11) is 0. The van der Waals surface area contributed by atoms with Crippen molar-refractivity contribution in [2.75, 3.05) is 0 Å². The average Bonchev–Trinajstić information content (AvgIpc) is 3.41. The Kier molecular flexibility index (Phi) is 14.6. The summed E-state index contributed by atoms with van der Waals surface area (Å²) >= 11 is 0. The lowest BCUT2D eigenvalue weighted by atomic mass is 9.65. The summed E-state index contributed by atoms with van der Waals surface area (Å²) in [6.07, 6.45) is 28.3. The van der Waals surface area contributed by atoms with Gasteiger partial charge in [-0.05, 0) is 181 Å². The molecular weight excluding hydrogens is 921 g/mol. The topological polar surface area (TPSA) is 105 Å². The molecule has 0 unspecified atom stereocenters. The molecule has 0 amide bonds. The van der Waals surface area contributed by atoms with Gasteiger partial charge < -0.3 is 18.9 Å². The maximum atomic E-state index is 13.8. The van der Waals surface area contributed by atoms with Crippen LogP contribution < -0.4 is 18.9 Å². The zero-order chi connectivity index (χ0) is 52.5. The number of rotatable bonds is 12. The van der Waals surface area contributed by atoms with Gasteiger partial charge in [0.25, 0.3) is 0 Å². The van der Waals surface area contributed by atoms with E-state index in [4.69, 9.17) is 51.1 Å². The van der Waals surface area contributed by atoms with Crippen LogP contribution in [-0.4, -0.2) is 23.9 Å². The molecule has 0 fully saturated rings. The molecule has 0 heterocycles. The number of ether oxygens (including phenoxy) is 4. The molecule has 0 aliphatic heterocycles. The molecule has 8 rings (SSSR count). The molecule has 0 bridgehead atoms. The second-order valence-electron chi connectivity index (χ2n) is 17.2. The minimum Gasteiger partial charge on any atom is -0.423 e. The van der Waals surface area contributed by atoms with Crippen LogP contribution in [0.3, 0.4) is 0 Å². The summed E-state index contributed by atoms with van der Waals surface area (Å²) < 4.78 is 23.2. The fourth-order valence-corrected chi connectivity index (χ4v) is 8.58. The number of terminal acetylenes is 5. The van der Waals surface area contributed by atoms with E-state index in [-0.39, 0.29) is 45.3 Å². The molecule has 0 N–H and O–H groups in total. The summed E-state index contributed by atoms with van der Waals surface area (Å²) in [4.78, 5) is 54.9. The van der Waals surface area contributed by atoms with Crippen molar-refractivity contribution in [3.8, 4) is 84.7 Å². The largest absolute Gasteiger partial charge is 0.423 e. The van der Waals surface area contributed by atoms with E-state index in [1.165, 1.54) is 12.1 Å². The molecule has 0 aliphatic rings. The summed E-state index contributed by atoms with van der Waals surface area (Å²) in [6.45, 7) is 5.54. The number of benzene rings is 8. The van der Waals surface area contributed by atoms with E-state index in [1.807, 2.05) is 20.8 Å². The van der Waals surface area contributed by atoms with Gasteiger partial charge in [-0.3, -0.25) is 0 Å². The summed E-state index contributed by atoms with van der Waals surface area (Å²) in [5, 5.41) is 0. The molecule has 8 aromatic rings. The van der Waals surface area contributed by atoms with Crippen LogP contribution in [0.15, 0.2) is 170 Å². The van der Waals surface area contributed by atoms with E-state index in [0.717, 1.165) is 16.7 Å². The molecule has 74 heavy (non-hydrogen) atoms. The van der Waals surface area contributed by atoms with Crippen molar-refractivity contribution in [1.82, 2.24) is 0 Å². The fraction of sp³-hybridized carbons (Fsp3) is 0.0606. The highest BCUT2D eigenvalue weighted by Crippen LogP contribution is 2.46. The van der Waals surface area contributed by atoms with Gasteiger partial charge in [0.2, 0.25) is 0 Å². The quantitative estimate of drug-likeness (QED) is 0.0516. The van der Waals surface area contributed by atoms with Crippen LogP contribution in [0.2, 0.25) is 0 Å². The van der Waals surface area contributed by atoms with E-state index < -0.39 is 29.3 Å². The van der Waals surface area contributed by atoms with Crippen molar-refractivity contribution in [3.63, 3.8) is 0 Å². The van der Waals surface area contributed by atoms with Crippen LogP contribution in [0, 0.1) is 82.5 Å². The molecule has 0 saturated carbocycles. The minimum absolute atomic E-state index is 0.171. The Morgan fingerprint density at radius 2 is 0.514 bits per heavy atom. The first-order valence-corrected chi connectivity index (χ1v) is 22.9. The Hall–Kier alpha value is -10.6. The van der Waals surface area contributed by atoms with Crippen molar-refractivity contribution < 1.29 is 38.1 Å². The Balaban J connectivity index is 1.25. The van der Waals surface area contributed by atoms with E-state index in [1.54, 1.807) is 158 Å². The van der Waals surface area contributed by atoms with Crippen molar-refractivity contribution in [2.45, 2.75) is 26.2 Å². The third-order valence-corrected chi connectivity index (χ3v) is 11.9. The molecule has 0 saturated heterocycles. The van der Waals surface area contributed by atoms with E-state index >= 15 is 0 Å². The lowest BCUT2D eigenvalue weighted by Gasteiger charge is -2.37. The Labute approximate surface area is 429 Å². The van der Waals surface area contributed by atoms with Gasteiger partial charge in [0.1, 0.15) is 23.0 Å². The number of aryl methyl sites for hydroxylation is 3. The highest BCUT2D eigenvalue weighted by Gasteiger charge is 2.39. The predicted octanol–water partition coefficient (Wildman–Crippen LogP) is 11.8. The second-order valence-corrected chi connectivity index (χ2v) is 17.2. The van der Waals surface area contributed by atoms with Gasteiger partial charge in [0.05, 0.1) is 27.7 Å². The molecular formula is C66H42O8. The average molecular weight is 963 g/mol. The number of esters is 4. The van der Waals surface area contributed by atoms with Gasteiger partial charge in [-0.15, -0.1) is 32.1 Å². The van der Waals surface area contributed by atoms with Gasteiger partial charge in [-0.25, -0.2) is 19.2 Å². The standard InChI is InChI=1S/C66H42O8/c1-9-45-30-42(6)33-58(37-45)71-62(67)50-14-22-54(23-15-50)66(55-24-16-51(17-25-55)63(68)72-59-34-43(7)31-46(10-2)38-59,56-26-18-52(19-27-56)64(69)73-60-35-44(8)32-47(11-3)39-60)57-28-20-53(21-29-57)65(70)74-61-40-48(12-4)36-49(13-5)41-61/h1-5,14-41H,6-8H3. The smallest absolute Gasteiger partial charge is 0.343 e. The van der Waals surface area contributed by atoms with E-state index in [2.05, 4.69) is 29.6 Å². The van der Waals surface area contributed by atoms with Crippen LogP contribution in [0.5, 0.6) is 23.0 Å². The number of hydrogen-bond acceptors (Lipinski definition) is 8. The highest BCUT2D eigenvalue weighted by molar-refractivity contribution is 5.94. The van der Waals surface area contributed by atoms with Crippen molar-refractivity contribution in [3.05, 3.63) is 259 Å². The first-order valence-electron chi connectivity index (χ1n) is 22.9. The lowest BCUT2D eigenvalue weighted by Crippen LogP contribution is -2.31. The molecule has 8 aromatic carbocycles. The first kappa shape index (κ1) is 49.8. The normalized spacial score (nSPS) is 10.5. The SMILES string of the molecule is C#Cc1cc(C)cc(OC(=O)c2ccc(C(c3ccc(C(=O)Oc4cc(C)cc(C#C)c4)cc3)(c3ccc(C(=O)Oc4cc(C)cc(C#C)c4)cc3)c3ccc(C(=O)Oc4cc(C#C)cc(C#C)c4)cc3)cc2)c1. The van der Waals surface area contributed by atoms with Crippen LogP contribution >= 0.6 is 0 Å². The molecule has 0 aliphatic carbocycles. The van der Waals surface area contributed by atoms with E-state index in [9.17, 15) is 19.2 Å². The van der Waals surface area contributed by atoms with Crippen LogP contribution in [0.1, 0.15) is 108 Å². The predicted molar refractivity (Wildman–Crippen MR) is 284 cm³/mol. The summed E-state index contributed by atoms with van der Waals surface area (Å²) in [5.41, 5.74) is 7.14. The molecule has 8 heteroatoms. The Bertz CT molecular complexity index is 3430. The monoisotopic (exact) mass is 962 g/mol. The Morgan fingerprint density at radius 3 is 0.730 bits per heavy atom. The van der Waals surface area contributed by atoms with Gasteiger partial charge in [-0.1, -0.05) is 78.1 Å². The molecule has 0 atom stereocenters. The maximum absolute atomic E-state index is 13.8. The zero-order valence-corrected chi connectivity index (χ0v) is 40.3. The third kappa shape index (κ3) is 10.9. The van der Waals surface area contributed by atoms with Crippen LogP contribution in [-0.2, 0) is 5.41 Å². The summed E-state index contributed by atoms with van der Waals surface area (Å²) in [5.74, 6) is 11.3. The third-order valence-electron chi connectivity index (χ3n) is 11.9. The molecule has 0 spiro atoms. The van der Waals surface area contributed by atoms with E-state index in [0.29, 0.717) is 50.1 Å². The van der Waals surface area contributed by atoms with Crippen LogP contribution in [0.25, 0.3) is 0 Å². The van der Waals surface area contributed by atoms with Crippen LogP contribution in [0.4, 0.5) is 0 Å². The maximum Gasteiger partial charge on any atom is 0.343 e. The van der Waals surface area contributed by atoms with Crippen molar-refractivity contribution in [2.24, 2.45) is 0 Å². The minimum atomic E-state index is -1.30. The number of carbonyl (C=O) groups is 4. The van der Waals surface area contributed by atoms with Gasteiger partial charge in [-0.2, -0.15) is 0 Å². The Morgan fingerprint density at radius 1 is 0.311 bits per heavy atom. The van der Waals surface area contributed by atoms with Gasteiger partial charge >= 0.3 is 23.9 Å². The molecule has 0 radical (unpaired) electrons.